The van der Waals surface area contributed by atoms with Crippen molar-refractivity contribution >= 4 is 5.78 Å². The van der Waals surface area contributed by atoms with E-state index in [1.807, 2.05) is 7.05 Å². The second-order valence-electron chi connectivity index (χ2n) is 6.89. The van der Waals surface area contributed by atoms with Crippen LogP contribution in [0.15, 0.2) is 12.1 Å². The van der Waals surface area contributed by atoms with Crippen molar-refractivity contribution in [2.75, 3.05) is 20.6 Å². The van der Waals surface area contributed by atoms with E-state index in [1.54, 1.807) is 6.07 Å². The van der Waals surface area contributed by atoms with Crippen molar-refractivity contribution in [2.24, 2.45) is 5.92 Å². The van der Waals surface area contributed by atoms with E-state index in [-0.39, 0.29) is 29.2 Å². The summed E-state index contributed by atoms with van der Waals surface area (Å²) in [6.07, 6.45) is -0.635. The number of ether oxygens (including phenoxy) is 2. The van der Waals surface area contributed by atoms with Crippen molar-refractivity contribution in [1.82, 2.24) is 4.90 Å². The summed E-state index contributed by atoms with van der Waals surface area (Å²) < 4.78 is 51.3. The fourth-order valence-corrected chi connectivity index (χ4v) is 5.18. The van der Waals surface area contributed by atoms with Gasteiger partial charge in [-0.15, -0.1) is 0 Å². The maximum absolute atomic E-state index is 12.8. The Morgan fingerprint density at radius 2 is 2.45 bits per heavy atom. The molecular formula is C18H21NO3. The molecule has 22 heavy (non-hydrogen) atoms. The fourth-order valence-electron chi connectivity index (χ4n) is 5.18. The molecule has 4 aliphatic rings. The van der Waals surface area contributed by atoms with Crippen molar-refractivity contribution in [2.45, 2.75) is 43.2 Å². The van der Waals surface area contributed by atoms with Gasteiger partial charge in [0.25, 0.3) is 0 Å². The number of rotatable bonds is 1. The van der Waals surface area contributed by atoms with Gasteiger partial charge in [0.15, 0.2) is 23.4 Å². The van der Waals surface area contributed by atoms with Crippen molar-refractivity contribution in [1.29, 1.82) is 0 Å². The average Bonchev–Trinajstić information content (AvgIpc) is 2.90. The molecule has 1 aromatic carbocycles. The first kappa shape index (κ1) is 8.92. The Bertz CT molecular complexity index is 854. The van der Waals surface area contributed by atoms with E-state index < -0.39 is 24.9 Å². The Kier molecular flexibility index (Phi) is 1.64. The Hall–Kier alpha value is -1.55. The Balaban J connectivity index is 1.80. The minimum atomic E-state index is -2.65. The maximum atomic E-state index is 12.8. The zero-order valence-corrected chi connectivity index (χ0v) is 12.4. The molecule has 1 spiro atoms. The first-order chi connectivity index (χ1) is 12.6. The molecule has 0 amide bonds. The molecule has 2 fully saturated rings. The molecule has 1 saturated heterocycles. The third-order valence-corrected chi connectivity index (χ3v) is 6.09. The topological polar surface area (TPSA) is 38.8 Å². The third-order valence-electron chi connectivity index (χ3n) is 6.09. The van der Waals surface area contributed by atoms with Gasteiger partial charge in [-0.3, -0.25) is 4.79 Å². The lowest BCUT2D eigenvalue weighted by molar-refractivity contribution is -0.138. The molecule has 5 rings (SSSR count). The number of hydrogen-bond acceptors (Lipinski definition) is 4. The molecule has 116 valence electrons. The zero-order valence-electron chi connectivity index (χ0n) is 17.4. The Morgan fingerprint density at radius 3 is 3.32 bits per heavy atom. The Morgan fingerprint density at radius 1 is 1.55 bits per heavy atom. The van der Waals surface area contributed by atoms with Gasteiger partial charge >= 0.3 is 0 Å². The molecule has 0 N–H and O–H groups in total. The van der Waals surface area contributed by atoms with Crippen LogP contribution in [0.25, 0.3) is 0 Å². The highest BCUT2D eigenvalue weighted by Crippen LogP contribution is 2.62. The third kappa shape index (κ3) is 1.27. The number of carbonyl (C=O) groups is 1. The average molecular weight is 304 g/mol. The van der Waals surface area contributed by atoms with E-state index in [1.165, 1.54) is 6.07 Å². The van der Waals surface area contributed by atoms with Crippen LogP contribution in [0.4, 0.5) is 0 Å². The fraction of sp³-hybridized carbons (Fsp3) is 0.611. The standard InChI is InChI=1S/C18H21NO3/c1-19-8-7-18-11-4-5-13(20)17(18)22-16-14(21-2)6-3-10(15(16)18)9-12(11)19/h3,6,11-12,17H,4-5,7-9H2,1-2H3/t11-,12+,17?,18-/m0/s1/i2D3,9D2. The van der Waals surface area contributed by atoms with Crippen LogP contribution in [-0.4, -0.2) is 43.5 Å². The summed E-state index contributed by atoms with van der Waals surface area (Å²) in [5.74, 6) is 0.280. The Labute approximate surface area is 137 Å². The van der Waals surface area contributed by atoms with Crippen LogP contribution in [0, 0.1) is 5.92 Å². The predicted octanol–water partition coefficient (Wildman–Crippen LogP) is 1.93. The maximum Gasteiger partial charge on any atom is 0.174 e. The summed E-state index contributed by atoms with van der Waals surface area (Å²) in [5.41, 5.74) is 0.582. The summed E-state index contributed by atoms with van der Waals surface area (Å²) in [6.45, 7) is 0.664. The number of likely N-dealkylation sites (tertiary alicyclic amines) is 1. The van der Waals surface area contributed by atoms with E-state index in [2.05, 4.69) is 4.90 Å². The van der Waals surface area contributed by atoms with Gasteiger partial charge < -0.3 is 14.4 Å². The minimum absolute atomic E-state index is 0.0130. The SMILES string of the molecule is [2H]C([2H])([2H])Oc1ccc2c3c1OC1C(=O)CC[C@H]4[C@H](N(C)CC[C@]314)C2([2H])[2H]. The summed E-state index contributed by atoms with van der Waals surface area (Å²) in [7, 11) is -0.708. The normalized spacial score (nSPS) is 44.7. The van der Waals surface area contributed by atoms with Crippen LogP contribution in [0.3, 0.4) is 0 Å². The minimum Gasteiger partial charge on any atom is -0.493 e. The first-order valence-corrected chi connectivity index (χ1v) is 7.84. The molecule has 2 bridgehead atoms. The van der Waals surface area contributed by atoms with Gasteiger partial charge in [0, 0.05) is 26.2 Å². The summed E-state index contributed by atoms with van der Waals surface area (Å²) in [6, 6.07) is 2.75. The number of likely N-dealkylation sites (N-methyl/N-ethyl adjacent to an activating group) is 1. The molecule has 0 aromatic heterocycles. The van der Waals surface area contributed by atoms with Crippen LogP contribution in [0.2, 0.25) is 0 Å². The number of ketones is 1. The smallest absolute Gasteiger partial charge is 0.174 e. The molecule has 4 nitrogen and oxygen atoms in total. The lowest BCUT2D eigenvalue weighted by Crippen LogP contribution is -2.65. The van der Waals surface area contributed by atoms with Crippen LogP contribution in [0.5, 0.6) is 11.5 Å². The van der Waals surface area contributed by atoms with Gasteiger partial charge in [-0.1, -0.05) is 6.07 Å². The molecule has 1 saturated carbocycles. The van der Waals surface area contributed by atoms with Gasteiger partial charge in [0.05, 0.1) is 11.2 Å². The van der Waals surface area contributed by atoms with Gasteiger partial charge in [-0.25, -0.2) is 0 Å². The lowest BCUT2D eigenvalue weighted by Gasteiger charge is -2.57. The van der Waals surface area contributed by atoms with Gasteiger partial charge in [0.1, 0.15) is 0 Å². The van der Waals surface area contributed by atoms with Crippen LogP contribution < -0.4 is 9.47 Å². The quantitative estimate of drug-likeness (QED) is 0.795. The molecule has 4 heteroatoms. The number of benzene rings is 1. The number of hydrogen-bond donors (Lipinski definition) is 0. The zero-order chi connectivity index (χ0) is 19.4. The van der Waals surface area contributed by atoms with E-state index in [0.717, 1.165) is 0 Å². The molecule has 1 unspecified atom stereocenters. The van der Waals surface area contributed by atoms with Crippen molar-refractivity contribution in [3.63, 3.8) is 0 Å². The highest BCUT2D eigenvalue weighted by Gasteiger charge is 2.65. The molecule has 2 aliphatic heterocycles. The number of methoxy groups -OCH3 is 1. The lowest BCUT2D eigenvalue weighted by atomic mass is 9.52. The number of nitrogens with zero attached hydrogens (tertiary/aromatic N) is 1. The number of Topliss-reactive ketones (excluding diaryl/α,β-unsaturated/α-hetero) is 1. The van der Waals surface area contributed by atoms with Crippen LogP contribution in [-0.2, 0) is 16.6 Å². The van der Waals surface area contributed by atoms with Gasteiger partial charge in [-0.05, 0) is 50.4 Å². The van der Waals surface area contributed by atoms with Crippen molar-refractivity contribution in [3.8, 4) is 11.5 Å². The molecule has 2 heterocycles. The highest BCUT2D eigenvalue weighted by atomic mass is 16.5. The van der Waals surface area contributed by atoms with Crippen molar-refractivity contribution in [3.05, 3.63) is 23.3 Å². The van der Waals surface area contributed by atoms with Crippen molar-refractivity contribution < 1.29 is 21.1 Å². The monoisotopic (exact) mass is 304 g/mol. The van der Waals surface area contributed by atoms with E-state index in [0.29, 0.717) is 36.9 Å². The second kappa shape index (κ2) is 4.05. The van der Waals surface area contributed by atoms with E-state index >= 15 is 0 Å². The van der Waals surface area contributed by atoms with Gasteiger partial charge in [-0.2, -0.15) is 0 Å². The predicted molar refractivity (Wildman–Crippen MR) is 81.6 cm³/mol. The summed E-state index contributed by atoms with van der Waals surface area (Å²) in [4.78, 5) is 14.8. The van der Waals surface area contributed by atoms with Gasteiger partial charge in [0.2, 0.25) is 0 Å². The molecule has 2 aliphatic carbocycles. The molecule has 4 atom stereocenters. The second-order valence-corrected chi connectivity index (χ2v) is 6.89. The van der Waals surface area contributed by atoms with Crippen LogP contribution in [0.1, 0.15) is 37.2 Å². The molecule has 0 radical (unpaired) electrons. The molecule has 1 aromatic rings. The van der Waals surface area contributed by atoms with Crippen LogP contribution >= 0.6 is 0 Å². The largest absolute Gasteiger partial charge is 0.493 e. The number of piperidine rings is 1. The first-order valence-electron chi connectivity index (χ1n) is 10.3. The molecular weight excluding hydrogens is 278 g/mol. The van der Waals surface area contributed by atoms with E-state index in [4.69, 9.17) is 16.3 Å². The van der Waals surface area contributed by atoms with E-state index in [9.17, 15) is 4.79 Å². The highest BCUT2D eigenvalue weighted by molar-refractivity contribution is 5.89. The summed E-state index contributed by atoms with van der Waals surface area (Å²) in [5, 5.41) is 0. The summed E-state index contributed by atoms with van der Waals surface area (Å²) >= 11 is 0. The number of carbonyl (C=O) groups excluding carboxylic acids is 1.